The molecular weight excluding hydrogens is 246 g/mol. The van der Waals surface area contributed by atoms with Crippen LogP contribution in [-0.4, -0.2) is 23.9 Å². The van der Waals surface area contributed by atoms with E-state index in [1.165, 1.54) is 50.5 Å². The fourth-order valence-electron chi connectivity index (χ4n) is 2.67. The molecule has 110 valence electrons. The van der Waals surface area contributed by atoms with Gasteiger partial charge in [-0.05, 0) is 43.4 Å². The number of likely N-dealkylation sites (tertiary alicyclic amines) is 1. The Hall–Kier alpha value is -1.51. The van der Waals surface area contributed by atoms with E-state index in [0.717, 1.165) is 18.8 Å². The van der Waals surface area contributed by atoms with Gasteiger partial charge in [-0.3, -0.25) is 5.41 Å². The third-order valence-electron chi connectivity index (χ3n) is 3.96. The molecule has 1 saturated heterocycles. The first kappa shape index (κ1) is 14.9. The van der Waals surface area contributed by atoms with Gasteiger partial charge >= 0.3 is 0 Å². The number of unbranched alkanes of at least 4 members (excludes halogenated alkanes) is 3. The first-order valence-corrected chi connectivity index (χ1v) is 7.99. The molecular formula is C17H27N3. The highest BCUT2D eigenvalue weighted by molar-refractivity contribution is 5.91. The summed E-state index contributed by atoms with van der Waals surface area (Å²) in [4.78, 5) is 2.11. The second-order valence-electron chi connectivity index (χ2n) is 5.68. The minimum atomic E-state index is 0.540. The number of nitrogens with one attached hydrogen (secondary N) is 2. The van der Waals surface area contributed by atoms with E-state index in [0.29, 0.717) is 5.96 Å². The predicted molar refractivity (Wildman–Crippen MR) is 86.4 cm³/mol. The zero-order valence-electron chi connectivity index (χ0n) is 12.6. The Kier molecular flexibility index (Phi) is 5.90. The van der Waals surface area contributed by atoms with E-state index in [1.54, 1.807) is 0 Å². The van der Waals surface area contributed by atoms with Crippen molar-refractivity contribution in [1.29, 1.82) is 5.41 Å². The second-order valence-corrected chi connectivity index (χ2v) is 5.68. The fraction of sp³-hybridized carbons (Fsp3) is 0.588. The van der Waals surface area contributed by atoms with Crippen LogP contribution in [0.25, 0.3) is 0 Å². The normalized spacial score (nSPS) is 14.6. The van der Waals surface area contributed by atoms with E-state index in [9.17, 15) is 0 Å². The van der Waals surface area contributed by atoms with Crippen molar-refractivity contribution in [3.8, 4) is 0 Å². The van der Waals surface area contributed by atoms with Gasteiger partial charge in [0, 0.05) is 18.8 Å². The van der Waals surface area contributed by atoms with Crippen molar-refractivity contribution < 1.29 is 0 Å². The number of nitrogens with zero attached hydrogens (tertiary/aromatic N) is 1. The van der Waals surface area contributed by atoms with Crippen molar-refractivity contribution in [2.45, 2.75) is 51.9 Å². The molecule has 0 unspecified atom stereocenters. The minimum Gasteiger partial charge on any atom is -0.343 e. The molecule has 1 heterocycles. The van der Waals surface area contributed by atoms with Gasteiger partial charge in [-0.15, -0.1) is 0 Å². The van der Waals surface area contributed by atoms with Crippen LogP contribution in [0.3, 0.4) is 0 Å². The van der Waals surface area contributed by atoms with Gasteiger partial charge in [0.1, 0.15) is 0 Å². The number of hydrogen-bond donors (Lipinski definition) is 2. The molecule has 0 saturated carbocycles. The van der Waals surface area contributed by atoms with E-state index in [1.807, 2.05) is 0 Å². The molecule has 0 aliphatic carbocycles. The first-order chi connectivity index (χ1) is 9.79. The number of aryl methyl sites for hydroxylation is 1. The van der Waals surface area contributed by atoms with E-state index in [-0.39, 0.29) is 0 Å². The highest BCUT2D eigenvalue weighted by atomic mass is 15.3. The van der Waals surface area contributed by atoms with Crippen molar-refractivity contribution in [3.05, 3.63) is 29.8 Å². The Bertz CT molecular complexity index is 405. The van der Waals surface area contributed by atoms with Crippen molar-refractivity contribution in [2.75, 3.05) is 18.4 Å². The standard InChI is InChI=1S/C17H27N3/c1-2-3-4-5-8-15-9-11-16(12-10-15)19-17(18)20-13-6-7-14-20/h9-12H,2-8,13-14H2,1H3,(H2,18,19). The van der Waals surface area contributed by atoms with Gasteiger partial charge in [0.15, 0.2) is 5.96 Å². The SMILES string of the molecule is CCCCCCc1ccc(NC(=N)N2CCCC2)cc1. The van der Waals surface area contributed by atoms with Crippen LogP contribution in [0.2, 0.25) is 0 Å². The molecule has 0 spiro atoms. The van der Waals surface area contributed by atoms with Crippen LogP contribution in [0.5, 0.6) is 0 Å². The molecule has 1 aliphatic rings. The summed E-state index contributed by atoms with van der Waals surface area (Å²) in [5.74, 6) is 0.540. The van der Waals surface area contributed by atoms with Crippen LogP contribution >= 0.6 is 0 Å². The summed E-state index contributed by atoms with van der Waals surface area (Å²) < 4.78 is 0. The Balaban J connectivity index is 1.77. The predicted octanol–water partition coefficient (Wildman–Crippen LogP) is 4.25. The molecule has 2 N–H and O–H groups in total. The fourth-order valence-corrected chi connectivity index (χ4v) is 2.67. The van der Waals surface area contributed by atoms with Gasteiger partial charge < -0.3 is 10.2 Å². The number of anilines is 1. The molecule has 2 rings (SSSR count). The first-order valence-electron chi connectivity index (χ1n) is 7.99. The maximum atomic E-state index is 8.05. The van der Waals surface area contributed by atoms with Crippen LogP contribution in [0, 0.1) is 5.41 Å². The van der Waals surface area contributed by atoms with Crippen LogP contribution < -0.4 is 5.32 Å². The molecule has 0 radical (unpaired) electrons. The summed E-state index contributed by atoms with van der Waals surface area (Å²) >= 11 is 0. The Morgan fingerprint density at radius 3 is 2.45 bits per heavy atom. The van der Waals surface area contributed by atoms with Gasteiger partial charge in [0.05, 0.1) is 0 Å². The van der Waals surface area contributed by atoms with Crippen molar-refractivity contribution >= 4 is 11.6 Å². The van der Waals surface area contributed by atoms with Gasteiger partial charge in [-0.2, -0.15) is 0 Å². The summed E-state index contributed by atoms with van der Waals surface area (Å²) in [6.07, 6.45) is 8.83. The lowest BCUT2D eigenvalue weighted by molar-refractivity contribution is 0.514. The molecule has 0 amide bonds. The third-order valence-corrected chi connectivity index (χ3v) is 3.96. The minimum absolute atomic E-state index is 0.540. The van der Waals surface area contributed by atoms with E-state index in [2.05, 4.69) is 41.4 Å². The average molecular weight is 273 g/mol. The number of hydrogen-bond acceptors (Lipinski definition) is 1. The highest BCUT2D eigenvalue weighted by Gasteiger charge is 2.14. The summed E-state index contributed by atoms with van der Waals surface area (Å²) in [6, 6.07) is 8.57. The zero-order chi connectivity index (χ0) is 14.2. The molecule has 0 aromatic heterocycles. The Morgan fingerprint density at radius 2 is 1.80 bits per heavy atom. The maximum Gasteiger partial charge on any atom is 0.195 e. The topological polar surface area (TPSA) is 39.1 Å². The number of benzene rings is 1. The van der Waals surface area contributed by atoms with E-state index in [4.69, 9.17) is 5.41 Å². The smallest absolute Gasteiger partial charge is 0.195 e. The van der Waals surface area contributed by atoms with Crippen LogP contribution in [0.4, 0.5) is 5.69 Å². The Morgan fingerprint density at radius 1 is 1.10 bits per heavy atom. The van der Waals surface area contributed by atoms with Crippen molar-refractivity contribution in [1.82, 2.24) is 4.90 Å². The van der Waals surface area contributed by atoms with E-state index >= 15 is 0 Å². The quantitative estimate of drug-likeness (QED) is 0.462. The monoisotopic (exact) mass is 273 g/mol. The molecule has 1 fully saturated rings. The Labute approximate surface area is 122 Å². The van der Waals surface area contributed by atoms with E-state index < -0.39 is 0 Å². The lowest BCUT2D eigenvalue weighted by Crippen LogP contribution is -2.32. The van der Waals surface area contributed by atoms with Crippen LogP contribution in [0.1, 0.15) is 51.0 Å². The number of rotatable bonds is 6. The molecule has 0 bridgehead atoms. The molecule has 0 atom stereocenters. The summed E-state index contributed by atoms with van der Waals surface area (Å²) in [7, 11) is 0. The lowest BCUT2D eigenvalue weighted by Gasteiger charge is -2.19. The molecule has 1 aromatic rings. The maximum absolute atomic E-state index is 8.05. The summed E-state index contributed by atoms with van der Waals surface area (Å²) in [6.45, 7) is 4.28. The van der Waals surface area contributed by atoms with Gasteiger partial charge in [-0.1, -0.05) is 38.3 Å². The van der Waals surface area contributed by atoms with Crippen molar-refractivity contribution in [3.63, 3.8) is 0 Å². The largest absolute Gasteiger partial charge is 0.343 e. The zero-order valence-corrected chi connectivity index (χ0v) is 12.6. The van der Waals surface area contributed by atoms with Gasteiger partial charge in [0.25, 0.3) is 0 Å². The van der Waals surface area contributed by atoms with Crippen LogP contribution in [0.15, 0.2) is 24.3 Å². The molecule has 20 heavy (non-hydrogen) atoms. The lowest BCUT2D eigenvalue weighted by atomic mass is 10.1. The van der Waals surface area contributed by atoms with Crippen LogP contribution in [-0.2, 0) is 6.42 Å². The molecule has 1 aliphatic heterocycles. The summed E-state index contributed by atoms with van der Waals surface area (Å²) in [5, 5.41) is 11.2. The summed E-state index contributed by atoms with van der Waals surface area (Å²) in [5.41, 5.74) is 2.43. The van der Waals surface area contributed by atoms with Gasteiger partial charge in [0.2, 0.25) is 0 Å². The third kappa shape index (κ3) is 4.55. The second kappa shape index (κ2) is 7.93. The van der Waals surface area contributed by atoms with Gasteiger partial charge in [-0.25, -0.2) is 0 Å². The average Bonchev–Trinajstić information content (AvgIpc) is 3.00. The number of guanidine groups is 1. The van der Waals surface area contributed by atoms with Crippen molar-refractivity contribution in [2.24, 2.45) is 0 Å². The molecule has 1 aromatic carbocycles. The highest BCUT2D eigenvalue weighted by Crippen LogP contribution is 2.14. The molecule has 3 heteroatoms. The molecule has 3 nitrogen and oxygen atoms in total.